The first-order valence-electron chi connectivity index (χ1n) is 9.50. The molecule has 0 spiro atoms. The molecule has 29 heavy (non-hydrogen) atoms. The molecule has 1 saturated heterocycles. The Kier molecular flexibility index (Phi) is 5.46. The zero-order chi connectivity index (χ0) is 20.3. The van der Waals surface area contributed by atoms with Crippen molar-refractivity contribution in [1.82, 2.24) is 14.3 Å². The molecule has 3 aromatic rings. The number of nitrogens with one attached hydrogen (secondary N) is 1. The Labute approximate surface area is 171 Å². The number of hydrogen-bond donors (Lipinski definition) is 1. The van der Waals surface area contributed by atoms with Gasteiger partial charge in [0.25, 0.3) is 0 Å². The Balaban J connectivity index is 1.47. The lowest BCUT2D eigenvalue weighted by atomic mass is 10.3. The zero-order valence-corrected chi connectivity index (χ0v) is 17.0. The summed E-state index contributed by atoms with van der Waals surface area (Å²) in [6, 6.07) is 20.3. The van der Waals surface area contributed by atoms with E-state index in [9.17, 15) is 8.42 Å². The maximum Gasteiger partial charge on any atom is 0.243 e. The fourth-order valence-corrected chi connectivity index (χ4v) is 4.74. The fraction of sp³-hybridized carbons (Fsp3) is 0.238. The maximum absolute atomic E-state index is 12.8. The number of nitrogens with zero attached hydrogens (tertiary/aromatic N) is 4. The summed E-state index contributed by atoms with van der Waals surface area (Å²) in [6.45, 7) is 3.81. The average molecular weight is 410 g/mol. The van der Waals surface area contributed by atoms with Crippen LogP contribution < -0.4 is 10.2 Å². The summed E-state index contributed by atoms with van der Waals surface area (Å²) in [6.07, 6.45) is 0. The van der Waals surface area contributed by atoms with Crippen LogP contribution in [0, 0.1) is 6.92 Å². The third kappa shape index (κ3) is 4.38. The predicted octanol–water partition coefficient (Wildman–Crippen LogP) is 3.04. The molecule has 150 valence electrons. The second kappa shape index (κ2) is 8.18. The van der Waals surface area contributed by atoms with Gasteiger partial charge in [0.2, 0.25) is 16.0 Å². The van der Waals surface area contributed by atoms with E-state index in [1.807, 2.05) is 54.3 Å². The van der Waals surface area contributed by atoms with Crippen LogP contribution in [0.2, 0.25) is 0 Å². The number of piperazine rings is 1. The van der Waals surface area contributed by atoms with Crippen molar-refractivity contribution < 1.29 is 8.42 Å². The highest BCUT2D eigenvalue weighted by atomic mass is 32.2. The Bertz CT molecular complexity index is 1070. The van der Waals surface area contributed by atoms with Gasteiger partial charge in [0.05, 0.1) is 4.90 Å². The van der Waals surface area contributed by atoms with Gasteiger partial charge >= 0.3 is 0 Å². The van der Waals surface area contributed by atoms with Crippen LogP contribution in [0.5, 0.6) is 0 Å². The first-order chi connectivity index (χ1) is 14.0. The molecule has 1 fully saturated rings. The summed E-state index contributed by atoms with van der Waals surface area (Å²) in [5, 5.41) is 3.29. The van der Waals surface area contributed by atoms with Crippen LogP contribution in [0.1, 0.15) is 5.69 Å². The highest BCUT2D eigenvalue weighted by molar-refractivity contribution is 7.89. The smallest absolute Gasteiger partial charge is 0.243 e. The first-order valence-corrected chi connectivity index (χ1v) is 10.9. The van der Waals surface area contributed by atoms with Crippen LogP contribution >= 0.6 is 0 Å². The summed E-state index contributed by atoms with van der Waals surface area (Å²) in [4.78, 5) is 11.5. The second-order valence-electron chi connectivity index (χ2n) is 6.89. The van der Waals surface area contributed by atoms with E-state index in [1.54, 1.807) is 24.3 Å². The van der Waals surface area contributed by atoms with Gasteiger partial charge in [-0.25, -0.2) is 13.4 Å². The maximum atomic E-state index is 12.8. The number of hydrogen-bond acceptors (Lipinski definition) is 6. The van der Waals surface area contributed by atoms with E-state index in [0.29, 0.717) is 37.0 Å². The standard InChI is InChI=1S/C21H23N5O2S/c1-17-16-20(23-18-8-4-2-5-9-18)24-21(22-17)25-12-14-26(15-13-25)29(27,28)19-10-6-3-7-11-19/h2-11,16H,12-15H2,1H3,(H,22,23,24). The number of rotatable bonds is 5. The number of para-hydroxylation sites is 1. The molecule has 0 amide bonds. The minimum atomic E-state index is -3.47. The van der Waals surface area contributed by atoms with Gasteiger partial charge in [-0.1, -0.05) is 36.4 Å². The summed E-state index contributed by atoms with van der Waals surface area (Å²) < 4.78 is 27.1. The molecule has 2 heterocycles. The van der Waals surface area contributed by atoms with Crippen molar-refractivity contribution in [3.8, 4) is 0 Å². The Hall–Kier alpha value is -2.97. The van der Waals surface area contributed by atoms with Crippen LogP contribution in [-0.4, -0.2) is 48.9 Å². The number of anilines is 3. The molecule has 2 aromatic carbocycles. The summed E-state index contributed by atoms with van der Waals surface area (Å²) >= 11 is 0. The third-order valence-corrected chi connectivity index (χ3v) is 6.70. The van der Waals surface area contributed by atoms with Gasteiger partial charge in [0.1, 0.15) is 5.82 Å². The van der Waals surface area contributed by atoms with Gasteiger partial charge in [-0.3, -0.25) is 0 Å². The van der Waals surface area contributed by atoms with Crippen molar-refractivity contribution in [1.29, 1.82) is 0 Å². The number of benzene rings is 2. The molecule has 7 nitrogen and oxygen atoms in total. The van der Waals surface area contributed by atoms with Crippen molar-refractivity contribution >= 4 is 27.5 Å². The molecule has 0 unspecified atom stereocenters. The lowest BCUT2D eigenvalue weighted by Crippen LogP contribution is -2.49. The monoisotopic (exact) mass is 409 g/mol. The van der Waals surface area contributed by atoms with Gasteiger partial charge in [-0.05, 0) is 31.2 Å². The van der Waals surface area contributed by atoms with E-state index in [2.05, 4.69) is 15.3 Å². The lowest BCUT2D eigenvalue weighted by molar-refractivity contribution is 0.382. The summed E-state index contributed by atoms with van der Waals surface area (Å²) in [7, 11) is -3.47. The molecule has 1 aliphatic rings. The topological polar surface area (TPSA) is 78.4 Å². The molecule has 0 atom stereocenters. The van der Waals surface area contributed by atoms with E-state index in [0.717, 1.165) is 17.2 Å². The first kappa shape index (κ1) is 19.4. The van der Waals surface area contributed by atoms with Crippen molar-refractivity contribution in [3.05, 3.63) is 72.4 Å². The largest absolute Gasteiger partial charge is 0.340 e. The van der Waals surface area contributed by atoms with Crippen molar-refractivity contribution in [2.24, 2.45) is 0 Å². The Morgan fingerprint density at radius 3 is 2.14 bits per heavy atom. The molecule has 0 radical (unpaired) electrons. The van der Waals surface area contributed by atoms with E-state index >= 15 is 0 Å². The fourth-order valence-electron chi connectivity index (χ4n) is 3.30. The highest BCUT2D eigenvalue weighted by Crippen LogP contribution is 2.22. The van der Waals surface area contributed by atoms with Crippen LogP contribution in [0.4, 0.5) is 17.5 Å². The molecule has 4 rings (SSSR count). The number of aromatic nitrogens is 2. The molecule has 8 heteroatoms. The molecule has 1 aromatic heterocycles. The van der Waals surface area contributed by atoms with Gasteiger partial charge in [0, 0.05) is 43.6 Å². The summed E-state index contributed by atoms with van der Waals surface area (Å²) in [5.74, 6) is 1.33. The Morgan fingerprint density at radius 1 is 0.862 bits per heavy atom. The second-order valence-corrected chi connectivity index (χ2v) is 8.83. The average Bonchev–Trinajstić information content (AvgIpc) is 2.75. The highest BCUT2D eigenvalue weighted by Gasteiger charge is 2.29. The van der Waals surface area contributed by atoms with Crippen LogP contribution in [0.3, 0.4) is 0 Å². The van der Waals surface area contributed by atoms with Gasteiger partial charge < -0.3 is 10.2 Å². The van der Waals surface area contributed by atoms with E-state index < -0.39 is 10.0 Å². The Morgan fingerprint density at radius 2 is 1.48 bits per heavy atom. The molecular weight excluding hydrogens is 386 g/mol. The van der Waals surface area contributed by atoms with Crippen molar-refractivity contribution in [3.63, 3.8) is 0 Å². The predicted molar refractivity (Wildman–Crippen MR) is 114 cm³/mol. The van der Waals surface area contributed by atoms with Gasteiger partial charge in [0.15, 0.2) is 0 Å². The lowest BCUT2D eigenvalue weighted by Gasteiger charge is -2.34. The van der Waals surface area contributed by atoms with E-state index in [-0.39, 0.29) is 0 Å². The van der Waals surface area contributed by atoms with Gasteiger partial charge in [-0.2, -0.15) is 9.29 Å². The van der Waals surface area contributed by atoms with Crippen LogP contribution in [0.25, 0.3) is 0 Å². The summed E-state index contributed by atoms with van der Waals surface area (Å²) in [5.41, 5.74) is 1.81. The van der Waals surface area contributed by atoms with E-state index in [4.69, 9.17) is 0 Å². The third-order valence-electron chi connectivity index (χ3n) is 4.79. The quantitative estimate of drug-likeness (QED) is 0.698. The zero-order valence-electron chi connectivity index (χ0n) is 16.2. The molecule has 0 bridgehead atoms. The van der Waals surface area contributed by atoms with Crippen LogP contribution in [-0.2, 0) is 10.0 Å². The number of sulfonamides is 1. The van der Waals surface area contributed by atoms with Gasteiger partial charge in [-0.15, -0.1) is 0 Å². The van der Waals surface area contributed by atoms with Crippen molar-refractivity contribution in [2.75, 3.05) is 36.4 Å². The van der Waals surface area contributed by atoms with Crippen molar-refractivity contribution in [2.45, 2.75) is 11.8 Å². The molecule has 1 aliphatic heterocycles. The SMILES string of the molecule is Cc1cc(Nc2ccccc2)nc(N2CCN(S(=O)(=O)c3ccccc3)CC2)n1. The minimum Gasteiger partial charge on any atom is -0.340 e. The minimum absolute atomic E-state index is 0.328. The molecule has 1 N–H and O–H groups in total. The normalized spacial score (nSPS) is 15.3. The molecular formula is C21H23N5O2S. The molecule has 0 aliphatic carbocycles. The van der Waals surface area contributed by atoms with E-state index in [1.165, 1.54) is 4.31 Å². The van der Waals surface area contributed by atoms with Crippen LogP contribution in [0.15, 0.2) is 71.6 Å². The number of aryl methyl sites for hydroxylation is 1. The molecule has 0 saturated carbocycles.